The SMILES string of the molecule is CCNC(=O)CN(CC)C(=O)CC1NCCCC1C. The lowest BCUT2D eigenvalue weighted by Gasteiger charge is -2.31. The number of rotatable bonds is 6. The minimum absolute atomic E-state index is 0.0694. The number of hydrogen-bond donors (Lipinski definition) is 2. The molecule has 0 aliphatic carbocycles. The van der Waals surface area contributed by atoms with Gasteiger partial charge in [0.15, 0.2) is 0 Å². The minimum Gasteiger partial charge on any atom is -0.355 e. The summed E-state index contributed by atoms with van der Waals surface area (Å²) in [5.74, 6) is 0.517. The molecule has 1 aliphatic rings. The van der Waals surface area contributed by atoms with Gasteiger partial charge in [0.05, 0.1) is 6.54 Å². The van der Waals surface area contributed by atoms with Gasteiger partial charge in [-0.3, -0.25) is 9.59 Å². The van der Waals surface area contributed by atoms with Crippen molar-refractivity contribution < 1.29 is 9.59 Å². The monoisotopic (exact) mass is 269 g/mol. The van der Waals surface area contributed by atoms with Gasteiger partial charge in [0.1, 0.15) is 0 Å². The standard InChI is InChI=1S/C14H27N3O2/c1-4-15-13(18)10-17(5-2)14(19)9-12-11(3)7-6-8-16-12/h11-12,16H,4-10H2,1-3H3,(H,15,18). The zero-order chi connectivity index (χ0) is 14.3. The lowest BCUT2D eigenvalue weighted by molar-refractivity contribution is -0.136. The van der Waals surface area contributed by atoms with Gasteiger partial charge in [0.25, 0.3) is 0 Å². The molecule has 1 fully saturated rings. The van der Waals surface area contributed by atoms with Crippen LogP contribution >= 0.6 is 0 Å². The second-order valence-electron chi connectivity index (χ2n) is 5.25. The topological polar surface area (TPSA) is 61.4 Å². The average molecular weight is 269 g/mol. The summed E-state index contributed by atoms with van der Waals surface area (Å²) in [4.78, 5) is 25.4. The van der Waals surface area contributed by atoms with Gasteiger partial charge in [0, 0.05) is 25.6 Å². The molecular weight excluding hydrogens is 242 g/mol. The highest BCUT2D eigenvalue weighted by atomic mass is 16.2. The third-order valence-corrected chi connectivity index (χ3v) is 3.77. The molecule has 1 aliphatic heterocycles. The Labute approximate surface area is 116 Å². The molecule has 0 aromatic heterocycles. The lowest BCUT2D eigenvalue weighted by atomic mass is 9.90. The summed E-state index contributed by atoms with van der Waals surface area (Å²) in [5.41, 5.74) is 0. The van der Waals surface area contributed by atoms with E-state index < -0.39 is 0 Å². The van der Waals surface area contributed by atoms with E-state index in [1.165, 1.54) is 12.8 Å². The molecule has 0 radical (unpaired) electrons. The fourth-order valence-corrected chi connectivity index (χ4v) is 2.51. The van der Waals surface area contributed by atoms with Crippen molar-refractivity contribution in [2.75, 3.05) is 26.2 Å². The highest BCUT2D eigenvalue weighted by molar-refractivity contribution is 5.85. The van der Waals surface area contributed by atoms with Crippen LogP contribution in [0.25, 0.3) is 0 Å². The Kier molecular flexibility index (Phi) is 6.84. The van der Waals surface area contributed by atoms with E-state index in [0.29, 0.717) is 25.4 Å². The third-order valence-electron chi connectivity index (χ3n) is 3.77. The highest BCUT2D eigenvalue weighted by Crippen LogP contribution is 2.18. The van der Waals surface area contributed by atoms with Crippen molar-refractivity contribution in [3.63, 3.8) is 0 Å². The van der Waals surface area contributed by atoms with Gasteiger partial charge in [-0.2, -0.15) is 0 Å². The molecular formula is C14H27N3O2. The zero-order valence-corrected chi connectivity index (χ0v) is 12.4. The molecule has 5 heteroatoms. The molecule has 0 aromatic carbocycles. The van der Waals surface area contributed by atoms with Crippen LogP contribution in [0.15, 0.2) is 0 Å². The largest absolute Gasteiger partial charge is 0.355 e. The first-order chi connectivity index (χ1) is 9.08. The summed E-state index contributed by atoms with van der Waals surface area (Å²) >= 11 is 0. The highest BCUT2D eigenvalue weighted by Gasteiger charge is 2.25. The number of likely N-dealkylation sites (N-methyl/N-ethyl adjacent to an activating group) is 2. The Morgan fingerprint density at radius 3 is 2.68 bits per heavy atom. The molecule has 2 unspecified atom stereocenters. The van der Waals surface area contributed by atoms with E-state index in [4.69, 9.17) is 0 Å². The maximum atomic E-state index is 12.2. The number of carbonyl (C=O) groups is 2. The maximum absolute atomic E-state index is 12.2. The van der Waals surface area contributed by atoms with E-state index in [2.05, 4.69) is 17.6 Å². The Hall–Kier alpha value is -1.10. The van der Waals surface area contributed by atoms with E-state index in [1.807, 2.05) is 13.8 Å². The Morgan fingerprint density at radius 1 is 1.37 bits per heavy atom. The van der Waals surface area contributed by atoms with Crippen LogP contribution in [0.5, 0.6) is 0 Å². The fraction of sp³-hybridized carbons (Fsp3) is 0.857. The first-order valence-corrected chi connectivity index (χ1v) is 7.36. The van der Waals surface area contributed by atoms with Gasteiger partial charge in [-0.1, -0.05) is 6.92 Å². The van der Waals surface area contributed by atoms with Crippen LogP contribution in [0.3, 0.4) is 0 Å². The molecule has 1 heterocycles. The second-order valence-corrected chi connectivity index (χ2v) is 5.25. The van der Waals surface area contributed by atoms with E-state index in [1.54, 1.807) is 4.90 Å². The van der Waals surface area contributed by atoms with Gasteiger partial charge in [-0.05, 0) is 39.2 Å². The average Bonchev–Trinajstić information content (AvgIpc) is 2.39. The summed E-state index contributed by atoms with van der Waals surface area (Å²) in [6.07, 6.45) is 2.85. The van der Waals surface area contributed by atoms with E-state index in [9.17, 15) is 9.59 Å². The maximum Gasteiger partial charge on any atom is 0.239 e. The first kappa shape index (κ1) is 16.0. The summed E-state index contributed by atoms with van der Waals surface area (Å²) in [7, 11) is 0. The number of nitrogens with zero attached hydrogens (tertiary/aromatic N) is 1. The van der Waals surface area contributed by atoms with Gasteiger partial charge in [-0.25, -0.2) is 0 Å². The number of carbonyl (C=O) groups excluding carboxylic acids is 2. The third kappa shape index (κ3) is 5.19. The number of nitrogens with one attached hydrogen (secondary N) is 2. The molecule has 2 atom stereocenters. The van der Waals surface area contributed by atoms with E-state index in [-0.39, 0.29) is 24.4 Å². The Balaban J connectivity index is 2.46. The van der Waals surface area contributed by atoms with Crippen molar-refractivity contribution in [2.24, 2.45) is 5.92 Å². The molecule has 0 bridgehead atoms. The number of piperidine rings is 1. The number of amides is 2. The quantitative estimate of drug-likeness (QED) is 0.748. The molecule has 1 rings (SSSR count). The fourth-order valence-electron chi connectivity index (χ4n) is 2.51. The van der Waals surface area contributed by atoms with Crippen molar-refractivity contribution in [1.82, 2.24) is 15.5 Å². The second kappa shape index (κ2) is 8.15. The van der Waals surface area contributed by atoms with Crippen molar-refractivity contribution >= 4 is 11.8 Å². The summed E-state index contributed by atoms with van der Waals surface area (Å²) in [6, 6.07) is 0.254. The Bertz CT molecular complexity index is 307. The predicted molar refractivity (Wildman–Crippen MR) is 75.7 cm³/mol. The molecule has 1 saturated heterocycles. The van der Waals surface area contributed by atoms with Gasteiger partial charge in [-0.15, -0.1) is 0 Å². The zero-order valence-electron chi connectivity index (χ0n) is 12.4. The van der Waals surface area contributed by atoms with Crippen LogP contribution in [0, 0.1) is 5.92 Å². The molecule has 0 aromatic rings. The van der Waals surface area contributed by atoms with Gasteiger partial charge < -0.3 is 15.5 Å². The van der Waals surface area contributed by atoms with Crippen molar-refractivity contribution in [2.45, 2.75) is 46.1 Å². The first-order valence-electron chi connectivity index (χ1n) is 7.36. The predicted octanol–water partition coefficient (Wildman–Crippen LogP) is 0.749. The van der Waals surface area contributed by atoms with Crippen LogP contribution in [-0.2, 0) is 9.59 Å². The van der Waals surface area contributed by atoms with Gasteiger partial charge in [0.2, 0.25) is 11.8 Å². The normalized spacial score (nSPS) is 22.9. The number of hydrogen-bond acceptors (Lipinski definition) is 3. The summed E-state index contributed by atoms with van der Waals surface area (Å²) in [5, 5.41) is 6.14. The van der Waals surface area contributed by atoms with Crippen molar-refractivity contribution in [3.8, 4) is 0 Å². The van der Waals surface area contributed by atoms with Crippen LogP contribution in [0.1, 0.15) is 40.0 Å². The summed E-state index contributed by atoms with van der Waals surface area (Å²) in [6.45, 7) is 8.32. The smallest absolute Gasteiger partial charge is 0.239 e. The van der Waals surface area contributed by atoms with Gasteiger partial charge >= 0.3 is 0 Å². The summed E-state index contributed by atoms with van der Waals surface area (Å²) < 4.78 is 0. The van der Waals surface area contributed by atoms with E-state index >= 15 is 0 Å². The van der Waals surface area contributed by atoms with E-state index in [0.717, 1.165) is 6.54 Å². The van der Waals surface area contributed by atoms with Crippen LogP contribution in [0.2, 0.25) is 0 Å². The molecule has 0 spiro atoms. The molecule has 19 heavy (non-hydrogen) atoms. The Morgan fingerprint density at radius 2 is 2.11 bits per heavy atom. The molecule has 0 saturated carbocycles. The van der Waals surface area contributed by atoms with Crippen molar-refractivity contribution in [1.29, 1.82) is 0 Å². The van der Waals surface area contributed by atoms with Crippen LogP contribution in [-0.4, -0.2) is 48.9 Å². The van der Waals surface area contributed by atoms with Crippen LogP contribution in [0.4, 0.5) is 0 Å². The molecule has 2 amide bonds. The lowest BCUT2D eigenvalue weighted by Crippen LogP contribution is -2.46. The molecule has 5 nitrogen and oxygen atoms in total. The minimum atomic E-state index is -0.0812. The molecule has 2 N–H and O–H groups in total. The molecule has 110 valence electrons. The van der Waals surface area contributed by atoms with Crippen LogP contribution < -0.4 is 10.6 Å². The van der Waals surface area contributed by atoms with Crippen molar-refractivity contribution in [3.05, 3.63) is 0 Å².